The van der Waals surface area contributed by atoms with Crippen LogP contribution in [0.2, 0.25) is 5.02 Å². The summed E-state index contributed by atoms with van der Waals surface area (Å²) in [5.41, 5.74) is 7.93. The molecular formula is C20H17ClN4OS. The first-order valence-corrected chi connectivity index (χ1v) is 9.34. The molecule has 3 aromatic carbocycles. The van der Waals surface area contributed by atoms with E-state index >= 15 is 0 Å². The second-order valence-corrected chi connectivity index (χ2v) is 6.63. The number of hydrogen-bond acceptors (Lipinski definition) is 4. The molecule has 0 aliphatic carbocycles. The molecule has 0 heterocycles. The van der Waals surface area contributed by atoms with Gasteiger partial charge in [-0.1, -0.05) is 60.1 Å². The molecule has 0 saturated carbocycles. The second kappa shape index (κ2) is 9.66. The zero-order chi connectivity index (χ0) is 18.9. The van der Waals surface area contributed by atoms with Crippen LogP contribution in [0.1, 0.15) is 5.56 Å². The standard InChI is InChI=1S/C20H17ClN4OS/c21-16-11-13-17(14-12-16)22-19(15-7-3-1-4-8-15)23-24-20(26)27-25-18-9-5-2-6-10-18/h1-14,25H,(H,22,23)(H,24,26). The molecule has 0 aliphatic rings. The first kappa shape index (κ1) is 18.8. The van der Waals surface area contributed by atoms with Crippen LogP contribution in [0.15, 0.2) is 89.9 Å². The maximum Gasteiger partial charge on any atom is 0.317 e. The van der Waals surface area contributed by atoms with E-state index in [4.69, 9.17) is 11.6 Å². The van der Waals surface area contributed by atoms with Gasteiger partial charge in [0.1, 0.15) is 0 Å². The molecule has 1 amide bonds. The van der Waals surface area contributed by atoms with Gasteiger partial charge in [-0.25, -0.2) is 4.99 Å². The molecule has 0 fully saturated rings. The van der Waals surface area contributed by atoms with Gasteiger partial charge in [0.15, 0.2) is 5.84 Å². The maximum atomic E-state index is 12.1. The Kier molecular flexibility index (Phi) is 6.73. The highest BCUT2D eigenvalue weighted by molar-refractivity contribution is 8.14. The summed E-state index contributed by atoms with van der Waals surface area (Å²) >= 11 is 6.86. The van der Waals surface area contributed by atoms with Gasteiger partial charge in [-0.3, -0.25) is 15.6 Å². The number of benzene rings is 3. The Bertz CT molecular complexity index is 902. The van der Waals surface area contributed by atoms with Crippen molar-refractivity contribution in [3.05, 3.63) is 95.5 Å². The lowest BCUT2D eigenvalue weighted by Gasteiger charge is -2.12. The van der Waals surface area contributed by atoms with E-state index in [0.29, 0.717) is 10.9 Å². The summed E-state index contributed by atoms with van der Waals surface area (Å²) in [4.78, 5) is 16.7. The molecule has 0 radical (unpaired) electrons. The van der Waals surface area contributed by atoms with Crippen molar-refractivity contribution in [2.24, 2.45) is 4.99 Å². The van der Waals surface area contributed by atoms with E-state index < -0.39 is 0 Å². The van der Waals surface area contributed by atoms with Crippen molar-refractivity contribution in [2.75, 3.05) is 4.72 Å². The van der Waals surface area contributed by atoms with E-state index in [9.17, 15) is 4.79 Å². The summed E-state index contributed by atoms with van der Waals surface area (Å²) in [6.45, 7) is 0. The van der Waals surface area contributed by atoms with Crippen LogP contribution < -0.4 is 15.6 Å². The summed E-state index contributed by atoms with van der Waals surface area (Å²) in [7, 11) is 0. The van der Waals surface area contributed by atoms with Gasteiger partial charge in [0, 0.05) is 28.2 Å². The van der Waals surface area contributed by atoms with Crippen molar-refractivity contribution in [1.82, 2.24) is 10.9 Å². The highest BCUT2D eigenvalue weighted by Gasteiger charge is 2.07. The number of nitrogens with one attached hydrogen (secondary N) is 3. The van der Waals surface area contributed by atoms with E-state index in [0.717, 1.165) is 28.9 Å². The van der Waals surface area contributed by atoms with E-state index in [-0.39, 0.29) is 5.24 Å². The molecule has 136 valence electrons. The first-order chi connectivity index (χ1) is 13.2. The molecule has 0 bridgehead atoms. The van der Waals surface area contributed by atoms with Crippen LogP contribution in [0.3, 0.4) is 0 Å². The van der Waals surface area contributed by atoms with Crippen LogP contribution in [-0.2, 0) is 0 Å². The minimum Gasteiger partial charge on any atom is -0.322 e. The number of amidine groups is 1. The van der Waals surface area contributed by atoms with Gasteiger partial charge in [-0.15, -0.1) is 0 Å². The van der Waals surface area contributed by atoms with Gasteiger partial charge >= 0.3 is 5.24 Å². The lowest BCUT2D eigenvalue weighted by molar-refractivity contribution is 0.259. The molecule has 3 rings (SSSR count). The Hall–Kier alpha value is -2.96. The van der Waals surface area contributed by atoms with Crippen molar-refractivity contribution in [1.29, 1.82) is 0 Å². The predicted molar refractivity (Wildman–Crippen MR) is 113 cm³/mol. The van der Waals surface area contributed by atoms with E-state index in [1.54, 1.807) is 24.3 Å². The fraction of sp³-hybridized carbons (Fsp3) is 0. The van der Waals surface area contributed by atoms with Crippen molar-refractivity contribution < 1.29 is 4.79 Å². The minimum absolute atomic E-state index is 0.293. The number of hydrogen-bond donors (Lipinski definition) is 3. The Labute approximate surface area is 167 Å². The Morgan fingerprint density at radius 1 is 0.815 bits per heavy atom. The number of anilines is 1. The molecule has 0 aliphatic heterocycles. The quantitative estimate of drug-likeness (QED) is 0.239. The fourth-order valence-corrected chi connectivity index (χ4v) is 2.73. The van der Waals surface area contributed by atoms with Crippen molar-refractivity contribution >= 4 is 46.0 Å². The molecule has 27 heavy (non-hydrogen) atoms. The molecule has 3 N–H and O–H groups in total. The number of halogens is 1. The summed E-state index contributed by atoms with van der Waals surface area (Å²) in [5, 5.41) is 0.346. The average Bonchev–Trinajstić information content (AvgIpc) is 2.72. The Balaban J connectivity index is 1.66. The third kappa shape index (κ3) is 6.06. The molecule has 0 saturated heterocycles. The van der Waals surface area contributed by atoms with E-state index in [1.165, 1.54) is 0 Å². The van der Waals surface area contributed by atoms with Gasteiger partial charge in [0.25, 0.3) is 0 Å². The van der Waals surface area contributed by atoms with Gasteiger partial charge in [0.05, 0.1) is 5.69 Å². The third-order valence-corrected chi connectivity index (χ3v) is 4.31. The zero-order valence-corrected chi connectivity index (χ0v) is 15.8. The molecule has 0 atom stereocenters. The predicted octanol–water partition coefficient (Wildman–Crippen LogP) is 5.39. The summed E-state index contributed by atoms with van der Waals surface area (Å²) in [6.07, 6.45) is 0. The number of aliphatic imine (C=N–C) groups is 1. The van der Waals surface area contributed by atoms with Gasteiger partial charge < -0.3 is 4.72 Å². The number of amides is 1. The van der Waals surface area contributed by atoms with Gasteiger partial charge in [-0.05, 0) is 36.4 Å². The molecule has 0 unspecified atom stereocenters. The van der Waals surface area contributed by atoms with Gasteiger partial charge in [0.2, 0.25) is 0 Å². The Morgan fingerprint density at radius 2 is 1.44 bits per heavy atom. The van der Waals surface area contributed by atoms with E-state index in [2.05, 4.69) is 20.6 Å². The van der Waals surface area contributed by atoms with Crippen molar-refractivity contribution in [2.45, 2.75) is 0 Å². The number of carbonyl (C=O) groups excluding carboxylic acids is 1. The second-order valence-electron chi connectivity index (χ2n) is 5.41. The van der Waals surface area contributed by atoms with Crippen LogP contribution >= 0.6 is 23.5 Å². The van der Waals surface area contributed by atoms with Crippen LogP contribution in [0.4, 0.5) is 16.2 Å². The van der Waals surface area contributed by atoms with Crippen molar-refractivity contribution in [3.8, 4) is 0 Å². The molecule has 3 aromatic rings. The topological polar surface area (TPSA) is 65.5 Å². The molecule has 0 aromatic heterocycles. The number of para-hydroxylation sites is 1. The largest absolute Gasteiger partial charge is 0.322 e. The fourth-order valence-electron chi connectivity index (χ4n) is 2.15. The van der Waals surface area contributed by atoms with E-state index in [1.807, 2.05) is 60.7 Å². The smallest absolute Gasteiger partial charge is 0.317 e. The number of carbonyl (C=O) groups is 1. The lowest BCUT2D eigenvalue weighted by atomic mass is 10.2. The number of hydrazine groups is 1. The third-order valence-electron chi connectivity index (χ3n) is 3.43. The summed E-state index contributed by atoms with van der Waals surface area (Å²) in [5.74, 6) is 0.520. The lowest BCUT2D eigenvalue weighted by Crippen LogP contribution is -2.40. The van der Waals surface area contributed by atoms with Crippen LogP contribution in [-0.4, -0.2) is 11.1 Å². The molecular weight excluding hydrogens is 380 g/mol. The monoisotopic (exact) mass is 396 g/mol. The maximum absolute atomic E-state index is 12.1. The number of rotatable bonds is 4. The average molecular weight is 397 g/mol. The zero-order valence-electron chi connectivity index (χ0n) is 14.2. The van der Waals surface area contributed by atoms with Crippen LogP contribution in [0.25, 0.3) is 0 Å². The summed E-state index contributed by atoms with van der Waals surface area (Å²) in [6, 6.07) is 26.1. The van der Waals surface area contributed by atoms with Crippen LogP contribution in [0.5, 0.6) is 0 Å². The highest BCUT2D eigenvalue weighted by atomic mass is 35.5. The SMILES string of the molecule is O=C(NNC(=Nc1ccc(Cl)cc1)c1ccccc1)SNc1ccccc1. The van der Waals surface area contributed by atoms with Crippen molar-refractivity contribution in [3.63, 3.8) is 0 Å². The highest BCUT2D eigenvalue weighted by Crippen LogP contribution is 2.17. The molecule has 0 spiro atoms. The van der Waals surface area contributed by atoms with Gasteiger partial charge in [-0.2, -0.15) is 0 Å². The molecule has 7 heteroatoms. The summed E-state index contributed by atoms with van der Waals surface area (Å²) < 4.78 is 2.97. The minimum atomic E-state index is -0.293. The first-order valence-electron chi connectivity index (χ1n) is 8.14. The molecule has 5 nitrogen and oxygen atoms in total. The normalized spacial score (nSPS) is 10.9. The van der Waals surface area contributed by atoms with Crippen LogP contribution in [0, 0.1) is 0 Å². The Morgan fingerprint density at radius 3 is 2.11 bits per heavy atom. The number of nitrogens with zero attached hydrogens (tertiary/aromatic N) is 1.